The molecule has 0 amide bonds. The molecule has 0 bridgehead atoms. The summed E-state index contributed by atoms with van der Waals surface area (Å²) in [7, 11) is 0. The molecule has 0 aliphatic carbocycles. The highest BCUT2D eigenvalue weighted by molar-refractivity contribution is 5.54. The van der Waals surface area contributed by atoms with Gasteiger partial charge in [0.25, 0.3) is 0 Å². The zero-order valence-corrected chi connectivity index (χ0v) is 10.5. The lowest BCUT2D eigenvalue weighted by Gasteiger charge is -2.21. The van der Waals surface area contributed by atoms with E-state index < -0.39 is 0 Å². The molecule has 1 saturated heterocycles. The summed E-state index contributed by atoms with van der Waals surface area (Å²) in [5, 5.41) is 0. The number of benzene rings is 1. The van der Waals surface area contributed by atoms with Crippen LogP contribution in [0.4, 0.5) is 10.1 Å². The van der Waals surface area contributed by atoms with Crippen molar-refractivity contribution in [2.45, 2.75) is 32.7 Å². The maximum Gasteiger partial charge on any atom is 0.123 e. The van der Waals surface area contributed by atoms with Crippen LogP contribution >= 0.6 is 0 Å². The molecule has 0 aromatic heterocycles. The molecule has 0 spiro atoms. The first-order chi connectivity index (χ1) is 8.24. The van der Waals surface area contributed by atoms with Crippen LogP contribution in [0.3, 0.4) is 0 Å². The van der Waals surface area contributed by atoms with Crippen LogP contribution in [0.1, 0.15) is 31.7 Å². The van der Waals surface area contributed by atoms with Gasteiger partial charge in [0.15, 0.2) is 0 Å². The molecule has 0 saturated carbocycles. The summed E-state index contributed by atoms with van der Waals surface area (Å²) in [6, 6.07) is 4.95. The Labute approximate surface area is 103 Å². The second-order valence-electron chi connectivity index (χ2n) is 4.87. The fourth-order valence-electron chi connectivity index (χ4n) is 2.72. The summed E-state index contributed by atoms with van der Waals surface area (Å²) in [4.78, 5) is 2.35. The van der Waals surface area contributed by atoms with Crippen molar-refractivity contribution in [3.8, 4) is 0 Å². The third-order valence-corrected chi connectivity index (χ3v) is 3.58. The van der Waals surface area contributed by atoms with E-state index in [0.717, 1.165) is 30.3 Å². The van der Waals surface area contributed by atoms with Gasteiger partial charge in [0, 0.05) is 25.3 Å². The quantitative estimate of drug-likeness (QED) is 0.871. The molecule has 2 nitrogen and oxygen atoms in total. The topological polar surface area (TPSA) is 29.3 Å². The lowest BCUT2D eigenvalue weighted by atomic mass is 10.0. The Morgan fingerprint density at radius 3 is 3.00 bits per heavy atom. The average molecular weight is 236 g/mol. The molecule has 0 radical (unpaired) electrons. The van der Waals surface area contributed by atoms with E-state index >= 15 is 0 Å². The van der Waals surface area contributed by atoms with E-state index in [4.69, 9.17) is 5.73 Å². The highest BCUT2D eigenvalue weighted by Crippen LogP contribution is 2.29. The summed E-state index contributed by atoms with van der Waals surface area (Å²) in [5.74, 6) is 0.592. The van der Waals surface area contributed by atoms with Gasteiger partial charge in [-0.2, -0.15) is 0 Å². The minimum Gasteiger partial charge on any atom is -0.371 e. The smallest absolute Gasteiger partial charge is 0.123 e. The number of halogens is 1. The number of hydrogen-bond acceptors (Lipinski definition) is 2. The van der Waals surface area contributed by atoms with Gasteiger partial charge in [-0.3, -0.25) is 0 Å². The first kappa shape index (κ1) is 12.4. The zero-order valence-electron chi connectivity index (χ0n) is 10.5. The van der Waals surface area contributed by atoms with Crippen molar-refractivity contribution in [1.82, 2.24) is 0 Å². The highest BCUT2D eigenvalue weighted by Gasteiger charge is 2.23. The molecule has 2 rings (SSSR count). The Balaban J connectivity index is 2.12. The summed E-state index contributed by atoms with van der Waals surface area (Å²) in [6.45, 7) is 4.80. The molecule has 2 N–H and O–H groups in total. The van der Waals surface area contributed by atoms with Crippen molar-refractivity contribution in [1.29, 1.82) is 0 Å². The molecule has 1 aromatic rings. The normalized spacial score (nSPS) is 19.9. The number of nitrogens with zero attached hydrogens (tertiary/aromatic N) is 1. The first-order valence-corrected chi connectivity index (χ1v) is 6.48. The number of hydrogen-bond donors (Lipinski definition) is 1. The summed E-state index contributed by atoms with van der Waals surface area (Å²) in [5.41, 5.74) is 7.72. The van der Waals surface area contributed by atoms with E-state index in [9.17, 15) is 4.39 Å². The van der Waals surface area contributed by atoms with Gasteiger partial charge in [-0.1, -0.05) is 13.3 Å². The van der Waals surface area contributed by atoms with Crippen molar-refractivity contribution in [3.63, 3.8) is 0 Å². The number of anilines is 1. The summed E-state index contributed by atoms with van der Waals surface area (Å²) < 4.78 is 13.1. The van der Waals surface area contributed by atoms with Gasteiger partial charge in [-0.05, 0) is 42.5 Å². The number of rotatable bonds is 4. The fraction of sp³-hybridized carbons (Fsp3) is 0.571. The van der Waals surface area contributed by atoms with Crippen LogP contribution in [0.25, 0.3) is 0 Å². The highest BCUT2D eigenvalue weighted by atomic mass is 19.1. The fourth-order valence-corrected chi connectivity index (χ4v) is 2.72. The third-order valence-electron chi connectivity index (χ3n) is 3.58. The van der Waals surface area contributed by atoms with Gasteiger partial charge >= 0.3 is 0 Å². The predicted molar refractivity (Wildman–Crippen MR) is 69.5 cm³/mol. The maximum absolute atomic E-state index is 13.1. The maximum atomic E-state index is 13.1. The molecular weight excluding hydrogens is 215 g/mol. The largest absolute Gasteiger partial charge is 0.371 e. The Bertz CT molecular complexity index is 378. The zero-order chi connectivity index (χ0) is 12.3. The lowest BCUT2D eigenvalue weighted by Crippen LogP contribution is -2.21. The second-order valence-corrected chi connectivity index (χ2v) is 4.87. The van der Waals surface area contributed by atoms with Crippen LogP contribution in [0.15, 0.2) is 18.2 Å². The Kier molecular flexibility index (Phi) is 4.00. The molecule has 1 unspecified atom stereocenters. The van der Waals surface area contributed by atoms with Gasteiger partial charge in [0.05, 0.1) is 0 Å². The monoisotopic (exact) mass is 236 g/mol. The molecule has 1 aromatic carbocycles. The molecule has 3 heteroatoms. The standard InChI is InChI=1S/C14H21FN2/c1-2-3-11-6-7-17(10-11)14-5-4-13(15)8-12(14)9-16/h4-5,8,11H,2-3,6-7,9-10,16H2,1H3. The minimum atomic E-state index is -0.196. The van der Waals surface area contributed by atoms with Crippen molar-refractivity contribution in [2.24, 2.45) is 11.7 Å². The van der Waals surface area contributed by atoms with Crippen molar-refractivity contribution in [2.75, 3.05) is 18.0 Å². The predicted octanol–water partition coefficient (Wildman–Crippen LogP) is 2.91. The molecule has 1 atom stereocenters. The van der Waals surface area contributed by atoms with Crippen LogP contribution < -0.4 is 10.6 Å². The summed E-state index contributed by atoms with van der Waals surface area (Å²) >= 11 is 0. The SMILES string of the molecule is CCCC1CCN(c2ccc(F)cc2CN)C1. The van der Waals surface area contributed by atoms with Crippen molar-refractivity contribution in [3.05, 3.63) is 29.6 Å². The molecule has 1 aliphatic heterocycles. The van der Waals surface area contributed by atoms with Crippen LogP contribution in [0.5, 0.6) is 0 Å². The first-order valence-electron chi connectivity index (χ1n) is 6.48. The second kappa shape index (κ2) is 5.50. The number of nitrogens with two attached hydrogens (primary N) is 1. The third kappa shape index (κ3) is 2.78. The molecule has 1 aliphatic rings. The molecule has 17 heavy (non-hydrogen) atoms. The van der Waals surface area contributed by atoms with E-state index in [1.165, 1.54) is 25.3 Å². The van der Waals surface area contributed by atoms with Gasteiger partial charge in [0.1, 0.15) is 5.82 Å². The van der Waals surface area contributed by atoms with Gasteiger partial charge in [0.2, 0.25) is 0 Å². The molecular formula is C14H21FN2. The van der Waals surface area contributed by atoms with Crippen molar-refractivity contribution >= 4 is 5.69 Å². The van der Waals surface area contributed by atoms with Crippen molar-refractivity contribution < 1.29 is 4.39 Å². The van der Waals surface area contributed by atoms with Gasteiger partial charge in [-0.25, -0.2) is 4.39 Å². The Morgan fingerprint density at radius 1 is 1.47 bits per heavy atom. The van der Waals surface area contributed by atoms with E-state index in [1.54, 1.807) is 6.07 Å². The molecule has 1 fully saturated rings. The average Bonchev–Trinajstić information content (AvgIpc) is 2.78. The molecule has 1 heterocycles. The van der Waals surface area contributed by atoms with E-state index in [1.807, 2.05) is 6.07 Å². The van der Waals surface area contributed by atoms with Crippen LogP contribution in [0.2, 0.25) is 0 Å². The van der Waals surface area contributed by atoms with Gasteiger partial charge < -0.3 is 10.6 Å². The van der Waals surface area contributed by atoms with E-state index in [0.29, 0.717) is 6.54 Å². The lowest BCUT2D eigenvalue weighted by molar-refractivity contribution is 0.529. The van der Waals surface area contributed by atoms with Crippen LogP contribution in [-0.2, 0) is 6.54 Å². The van der Waals surface area contributed by atoms with Gasteiger partial charge in [-0.15, -0.1) is 0 Å². The van der Waals surface area contributed by atoms with E-state index in [-0.39, 0.29) is 5.82 Å². The Hall–Kier alpha value is -1.09. The summed E-state index contributed by atoms with van der Waals surface area (Å²) in [6.07, 6.45) is 3.77. The Morgan fingerprint density at radius 2 is 2.29 bits per heavy atom. The van der Waals surface area contributed by atoms with Crippen LogP contribution in [0, 0.1) is 11.7 Å². The minimum absolute atomic E-state index is 0.196. The van der Waals surface area contributed by atoms with E-state index in [2.05, 4.69) is 11.8 Å². The molecule has 94 valence electrons. The van der Waals surface area contributed by atoms with Crippen LogP contribution in [-0.4, -0.2) is 13.1 Å².